The lowest BCUT2D eigenvalue weighted by molar-refractivity contribution is 0.768. The maximum atomic E-state index is 6.03. The second-order valence-electron chi connectivity index (χ2n) is 6.43. The third-order valence-corrected chi connectivity index (χ3v) is 4.48. The van der Waals surface area contributed by atoms with Crippen molar-refractivity contribution in [1.82, 2.24) is 24.7 Å². The third kappa shape index (κ3) is 2.70. The minimum Gasteiger partial charge on any atom is -0.339 e. The molecule has 0 saturated carbocycles. The van der Waals surface area contributed by atoms with Gasteiger partial charge in [-0.3, -0.25) is 4.68 Å². The topological polar surface area (TPSA) is 85.4 Å². The van der Waals surface area contributed by atoms with E-state index in [4.69, 9.17) is 5.73 Å². The average molecular weight is 332 g/mol. The molecule has 6 nitrogen and oxygen atoms in total. The summed E-state index contributed by atoms with van der Waals surface area (Å²) in [5, 5.41) is 5.23. The molecule has 0 bridgehead atoms. The first-order valence-electron chi connectivity index (χ1n) is 8.22. The van der Waals surface area contributed by atoms with E-state index < -0.39 is 0 Å². The van der Waals surface area contributed by atoms with Crippen LogP contribution in [0.5, 0.6) is 0 Å². The zero-order valence-electron chi connectivity index (χ0n) is 14.5. The van der Waals surface area contributed by atoms with Crippen LogP contribution in [0.4, 0.5) is 0 Å². The maximum absolute atomic E-state index is 6.03. The summed E-state index contributed by atoms with van der Waals surface area (Å²) in [7, 11) is 1.90. The van der Waals surface area contributed by atoms with Gasteiger partial charge in [0.15, 0.2) is 0 Å². The van der Waals surface area contributed by atoms with E-state index in [1.807, 2.05) is 26.4 Å². The lowest BCUT2D eigenvalue weighted by Gasteiger charge is -2.11. The summed E-state index contributed by atoms with van der Waals surface area (Å²) in [5.41, 5.74) is 13.1. The first-order valence-corrected chi connectivity index (χ1v) is 8.22. The fourth-order valence-electron chi connectivity index (χ4n) is 3.22. The molecule has 0 fully saturated rings. The molecule has 3 N–H and O–H groups in total. The molecule has 0 saturated heterocycles. The van der Waals surface area contributed by atoms with Gasteiger partial charge in [-0.15, -0.1) is 0 Å². The van der Waals surface area contributed by atoms with Crippen LogP contribution >= 0.6 is 0 Å². The van der Waals surface area contributed by atoms with Gasteiger partial charge in [-0.05, 0) is 37.1 Å². The highest BCUT2D eigenvalue weighted by Gasteiger charge is 2.13. The van der Waals surface area contributed by atoms with E-state index in [9.17, 15) is 0 Å². The molecule has 4 aromatic rings. The van der Waals surface area contributed by atoms with Crippen LogP contribution in [0.25, 0.3) is 33.5 Å². The molecule has 25 heavy (non-hydrogen) atoms. The van der Waals surface area contributed by atoms with Gasteiger partial charge in [0.2, 0.25) is 0 Å². The van der Waals surface area contributed by atoms with Crippen LogP contribution in [0, 0.1) is 6.92 Å². The second kappa shape index (κ2) is 5.82. The molecule has 1 unspecified atom stereocenters. The Kier molecular flexibility index (Phi) is 3.62. The molecule has 4 rings (SSSR count). The standard InChI is InChI=1S/C19H20N6/c1-11-6-13(4-5-15(11)12(2)20)18-16-7-17(14-8-23-25(3)9-14)24-19(16)22-10-21-18/h4-10,12H,20H2,1-3H3,(H,21,22,24). The van der Waals surface area contributed by atoms with E-state index in [1.165, 1.54) is 5.56 Å². The van der Waals surface area contributed by atoms with Gasteiger partial charge in [0.1, 0.15) is 12.0 Å². The maximum Gasteiger partial charge on any atom is 0.141 e. The summed E-state index contributed by atoms with van der Waals surface area (Å²) < 4.78 is 1.78. The average Bonchev–Trinajstić information content (AvgIpc) is 3.19. The quantitative estimate of drug-likeness (QED) is 0.602. The van der Waals surface area contributed by atoms with Crippen molar-refractivity contribution in [3.05, 3.63) is 54.1 Å². The lowest BCUT2D eigenvalue weighted by Crippen LogP contribution is -2.06. The number of benzene rings is 1. The Bertz CT molecular complexity index is 1060. The monoisotopic (exact) mass is 332 g/mol. The van der Waals surface area contributed by atoms with E-state index in [0.29, 0.717) is 0 Å². The number of nitrogens with two attached hydrogens (primary N) is 1. The first-order chi connectivity index (χ1) is 12.0. The number of nitrogens with one attached hydrogen (secondary N) is 1. The summed E-state index contributed by atoms with van der Waals surface area (Å²) in [5.74, 6) is 0. The minimum atomic E-state index is 0.0175. The number of fused-ring (bicyclic) bond motifs is 1. The van der Waals surface area contributed by atoms with E-state index >= 15 is 0 Å². The highest BCUT2D eigenvalue weighted by atomic mass is 15.2. The van der Waals surface area contributed by atoms with Crippen molar-refractivity contribution in [3.8, 4) is 22.5 Å². The molecule has 1 atom stereocenters. The molecule has 3 aromatic heterocycles. The van der Waals surface area contributed by atoms with Gasteiger partial charge in [0.05, 0.1) is 17.6 Å². The Hall–Kier alpha value is -2.99. The molecule has 0 aliphatic heterocycles. The Morgan fingerprint density at radius 2 is 2.00 bits per heavy atom. The third-order valence-electron chi connectivity index (χ3n) is 4.48. The Balaban J connectivity index is 1.85. The van der Waals surface area contributed by atoms with Crippen molar-refractivity contribution in [2.45, 2.75) is 19.9 Å². The van der Waals surface area contributed by atoms with Gasteiger partial charge in [-0.2, -0.15) is 5.10 Å². The molecule has 0 amide bonds. The highest BCUT2D eigenvalue weighted by Crippen LogP contribution is 2.31. The zero-order valence-corrected chi connectivity index (χ0v) is 14.5. The van der Waals surface area contributed by atoms with Crippen molar-refractivity contribution in [2.24, 2.45) is 12.8 Å². The van der Waals surface area contributed by atoms with E-state index in [-0.39, 0.29) is 6.04 Å². The van der Waals surface area contributed by atoms with Crippen molar-refractivity contribution < 1.29 is 0 Å². The molecule has 6 heteroatoms. The minimum absolute atomic E-state index is 0.0175. The molecule has 126 valence electrons. The largest absolute Gasteiger partial charge is 0.339 e. The molecular formula is C19H20N6. The van der Waals surface area contributed by atoms with Gasteiger partial charge in [-0.25, -0.2) is 9.97 Å². The number of nitrogens with zero attached hydrogens (tertiary/aromatic N) is 4. The molecule has 3 heterocycles. The van der Waals surface area contributed by atoms with Crippen LogP contribution in [0.15, 0.2) is 43.0 Å². The Morgan fingerprint density at radius 3 is 2.68 bits per heavy atom. The summed E-state index contributed by atoms with van der Waals surface area (Å²) >= 11 is 0. The van der Waals surface area contributed by atoms with Crippen molar-refractivity contribution in [1.29, 1.82) is 0 Å². The molecule has 0 aliphatic carbocycles. The van der Waals surface area contributed by atoms with E-state index in [2.05, 4.69) is 51.2 Å². The van der Waals surface area contributed by atoms with Crippen LogP contribution < -0.4 is 5.73 Å². The number of aromatic nitrogens is 5. The SMILES string of the molecule is Cc1cc(-c2ncnc3[nH]c(-c4cnn(C)c4)cc23)ccc1C(C)N. The van der Waals surface area contributed by atoms with Gasteiger partial charge in [-0.1, -0.05) is 12.1 Å². The van der Waals surface area contributed by atoms with Gasteiger partial charge < -0.3 is 10.7 Å². The van der Waals surface area contributed by atoms with E-state index in [0.717, 1.165) is 39.1 Å². The van der Waals surface area contributed by atoms with Crippen LogP contribution in [-0.4, -0.2) is 24.7 Å². The molecular weight excluding hydrogens is 312 g/mol. The summed E-state index contributed by atoms with van der Waals surface area (Å²) in [4.78, 5) is 12.3. The van der Waals surface area contributed by atoms with Crippen molar-refractivity contribution in [3.63, 3.8) is 0 Å². The summed E-state index contributed by atoms with van der Waals surface area (Å²) in [6.45, 7) is 4.08. The first kappa shape index (κ1) is 15.5. The predicted octanol–water partition coefficient (Wildman–Crippen LogP) is 3.35. The number of aromatic amines is 1. The number of hydrogen-bond donors (Lipinski definition) is 2. The second-order valence-corrected chi connectivity index (χ2v) is 6.43. The van der Waals surface area contributed by atoms with Gasteiger partial charge in [0, 0.05) is 35.8 Å². The van der Waals surface area contributed by atoms with Gasteiger partial charge in [0.25, 0.3) is 0 Å². The Morgan fingerprint density at radius 1 is 1.16 bits per heavy atom. The normalized spacial score (nSPS) is 12.6. The fraction of sp³-hybridized carbons (Fsp3) is 0.211. The molecule has 1 aromatic carbocycles. The van der Waals surface area contributed by atoms with Crippen LogP contribution in [-0.2, 0) is 7.05 Å². The number of rotatable bonds is 3. The van der Waals surface area contributed by atoms with E-state index in [1.54, 1.807) is 11.0 Å². The number of aryl methyl sites for hydroxylation is 2. The fourth-order valence-corrected chi connectivity index (χ4v) is 3.22. The Labute approximate surface area is 145 Å². The highest BCUT2D eigenvalue weighted by molar-refractivity contribution is 5.94. The predicted molar refractivity (Wildman–Crippen MR) is 98.9 cm³/mol. The van der Waals surface area contributed by atoms with Crippen LogP contribution in [0.1, 0.15) is 24.1 Å². The lowest BCUT2D eigenvalue weighted by atomic mass is 9.98. The smallest absolute Gasteiger partial charge is 0.141 e. The van der Waals surface area contributed by atoms with Crippen molar-refractivity contribution in [2.75, 3.05) is 0 Å². The number of hydrogen-bond acceptors (Lipinski definition) is 4. The van der Waals surface area contributed by atoms with Gasteiger partial charge >= 0.3 is 0 Å². The van der Waals surface area contributed by atoms with Crippen LogP contribution in [0.2, 0.25) is 0 Å². The zero-order chi connectivity index (χ0) is 17.6. The van der Waals surface area contributed by atoms with Crippen molar-refractivity contribution >= 4 is 11.0 Å². The molecule has 0 radical (unpaired) electrons. The summed E-state index contributed by atoms with van der Waals surface area (Å²) in [6, 6.07) is 8.39. The summed E-state index contributed by atoms with van der Waals surface area (Å²) in [6.07, 6.45) is 5.40. The number of H-pyrrole nitrogens is 1. The molecule has 0 aliphatic rings. The molecule has 0 spiro atoms. The van der Waals surface area contributed by atoms with Crippen LogP contribution in [0.3, 0.4) is 0 Å².